The second-order valence-corrected chi connectivity index (χ2v) is 4.31. The van der Waals surface area contributed by atoms with Gasteiger partial charge >= 0.3 is 5.97 Å². The first kappa shape index (κ1) is 17.0. The van der Waals surface area contributed by atoms with Crippen LogP contribution in [0.1, 0.15) is 13.3 Å². The van der Waals surface area contributed by atoms with Crippen LogP contribution >= 0.6 is 0 Å². The summed E-state index contributed by atoms with van der Waals surface area (Å²) in [7, 11) is 2.76. The Morgan fingerprint density at radius 1 is 1.33 bits per heavy atom. The summed E-state index contributed by atoms with van der Waals surface area (Å²) < 4.78 is 14.0. The van der Waals surface area contributed by atoms with Gasteiger partial charge in [-0.3, -0.25) is 4.79 Å². The number of para-hydroxylation sites is 2. The van der Waals surface area contributed by atoms with Crippen LogP contribution in [0.2, 0.25) is 0 Å². The zero-order valence-corrected chi connectivity index (χ0v) is 12.6. The molecule has 1 heterocycles. The minimum Gasteiger partial charge on any atom is -0.482 e. The molecule has 0 aliphatic carbocycles. The number of rotatable bonds is 4. The van der Waals surface area contributed by atoms with E-state index in [1.807, 2.05) is 24.3 Å². The Balaban J connectivity index is 0.000000270. The van der Waals surface area contributed by atoms with E-state index in [9.17, 15) is 9.59 Å². The molecule has 0 saturated heterocycles. The third-order valence-corrected chi connectivity index (χ3v) is 2.75. The van der Waals surface area contributed by atoms with E-state index in [0.29, 0.717) is 0 Å². The van der Waals surface area contributed by atoms with Crippen molar-refractivity contribution in [3.8, 4) is 5.75 Å². The molecule has 0 aromatic heterocycles. The molecule has 21 heavy (non-hydrogen) atoms. The maximum atomic E-state index is 11.5. The number of ether oxygens (including phenoxy) is 3. The molecule has 0 radical (unpaired) electrons. The number of amides is 1. The normalized spacial score (nSPS) is 12.7. The number of esters is 1. The Kier molecular flexibility index (Phi) is 7.25. The van der Waals surface area contributed by atoms with Crippen molar-refractivity contribution < 1.29 is 23.8 Å². The predicted molar refractivity (Wildman–Crippen MR) is 78.5 cm³/mol. The molecule has 6 heteroatoms. The third-order valence-electron chi connectivity index (χ3n) is 2.75. The van der Waals surface area contributed by atoms with Crippen molar-refractivity contribution in [2.24, 2.45) is 0 Å². The quantitative estimate of drug-likeness (QED) is 0.790. The van der Waals surface area contributed by atoms with Crippen molar-refractivity contribution in [1.29, 1.82) is 0 Å². The summed E-state index contributed by atoms with van der Waals surface area (Å²) in [4.78, 5) is 23.4. The Labute approximate surface area is 124 Å². The Hall–Kier alpha value is -2.08. The molecule has 1 aliphatic heterocycles. The lowest BCUT2D eigenvalue weighted by molar-refractivity contribution is -0.144. The summed E-state index contributed by atoms with van der Waals surface area (Å²) in [6.45, 7) is 3.03. The van der Waals surface area contributed by atoms with Crippen molar-refractivity contribution >= 4 is 17.6 Å². The van der Waals surface area contributed by atoms with Crippen LogP contribution in [0.15, 0.2) is 24.3 Å². The van der Waals surface area contributed by atoms with Crippen LogP contribution in [-0.2, 0) is 19.1 Å². The zero-order chi connectivity index (χ0) is 15.7. The number of methoxy groups -OCH3 is 2. The van der Waals surface area contributed by atoms with E-state index >= 15 is 0 Å². The molecule has 0 spiro atoms. The molecule has 0 bridgehead atoms. The van der Waals surface area contributed by atoms with E-state index in [4.69, 9.17) is 4.74 Å². The highest BCUT2D eigenvalue weighted by Crippen LogP contribution is 2.31. The van der Waals surface area contributed by atoms with Gasteiger partial charge in [0.2, 0.25) is 0 Å². The topological polar surface area (TPSA) is 65.1 Å². The van der Waals surface area contributed by atoms with Crippen molar-refractivity contribution in [3.05, 3.63) is 24.3 Å². The molecular formula is C15H21NO5. The number of hydrogen-bond acceptors (Lipinski definition) is 5. The fourth-order valence-corrected chi connectivity index (χ4v) is 1.80. The van der Waals surface area contributed by atoms with Crippen LogP contribution in [-0.4, -0.2) is 45.9 Å². The highest BCUT2D eigenvalue weighted by atomic mass is 16.6. The summed E-state index contributed by atoms with van der Waals surface area (Å²) in [5.41, 5.74) is 0.894. The number of anilines is 1. The number of carbonyl (C=O) groups is 2. The summed E-state index contributed by atoms with van der Waals surface area (Å²) in [6, 6.07) is 7.65. The van der Waals surface area contributed by atoms with Crippen LogP contribution in [0.4, 0.5) is 5.69 Å². The molecule has 1 aromatic rings. The van der Waals surface area contributed by atoms with Crippen LogP contribution in [0.3, 0.4) is 0 Å². The highest BCUT2D eigenvalue weighted by molar-refractivity contribution is 5.97. The fraction of sp³-hybridized carbons (Fsp3) is 0.467. The Morgan fingerprint density at radius 2 is 2.05 bits per heavy atom. The van der Waals surface area contributed by atoms with Crippen LogP contribution < -0.4 is 9.64 Å². The predicted octanol–water partition coefficient (Wildman–Crippen LogP) is 1.63. The smallest absolute Gasteiger partial charge is 0.331 e. The van der Waals surface area contributed by atoms with E-state index in [1.165, 1.54) is 14.2 Å². The summed E-state index contributed by atoms with van der Waals surface area (Å²) >= 11 is 0. The van der Waals surface area contributed by atoms with Gasteiger partial charge in [-0.1, -0.05) is 19.1 Å². The SMILES string of the molecule is CCCN1C(=O)COc2ccccc21.COCC(=O)OC. The molecule has 1 aliphatic rings. The summed E-state index contributed by atoms with van der Waals surface area (Å²) in [5.74, 6) is 0.508. The van der Waals surface area contributed by atoms with Gasteiger partial charge < -0.3 is 19.1 Å². The molecule has 1 amide bonds. The molecule has 6 nitrogen and oxygen atoms in total. The number of fused-ring (bicyclic) bond motifs is 1. The monoisotopic (exact) mass is 295 g/mol. The van der Waals surface area contributed by atoms with E-state index in [-0.39, 0.29) is 25.1 Å². The van der Waals surface area contributed by atoms with Crippen molar-refractivity contribution in [2.45, 2.75) is 13.3 Å². The van der Waals surface area contributed by atoms with Crippen molar-refractivity contribution in [2.75, 3.05) is 38.9 Å². The number of hydrogen-bond donors (Lipinski definition) is 0. The second-order valence-electron chi connectivity index (χ2n) is 4.31. The first-order valence-electron chi connectivity index (χ1n) is 6.72. The lowest BCUT2D eigenvalue weighted by Crippen LogP contribution is -2.39. The van der Waals surface area contributed by atoms with Gasteiger partial charge in [0.1, 0.15) is 12.4 Å². The van der Waals surface area contributed by atoms with E-state index in [0.717, 1.165) is 24.4 Å². The maximum Gasteiger partial charge on any atom is 0.331 e. The van der Waals surface area contributed by atoms with E-state index in [2.05, 4.69) is 16.4 Å². The van der Waals surface area contributed by atoms with Crippen LogP contribution in [0, 0.1) is 0 Å². The highest BCUT2D eigenvalue weighted by Gasteiger charge is 2.23. The first-order valence-corrected chi connectivity index (χ1v) is 6.72. The lowest BCUT2D eigenvalue weighted by Gasteiger charge is -2.28. The fourth-order valence-electron chi connectivity index (χ4n) is 1.80. The Morgan fingerprint density at radius 3 is 2.62 bits per heavy atom. The summed E-state index contributed by atoms with van der Waals surface area (Å²) in [5, 5.41) is 0. The first-order chi connectivity index (χ1) is 10.1. The molecule has 116 valence electrons. The largest absolute Gasteiger partial charge is 0.482 e. The van der Waals surface area contributed by atoms with Gasteiger partial charge in [-0.2, -0.15) is 0 Å². The van der Waals surface area contributed by atoms with Crippen molar-refractivity contribution in [3.63, 3.8) is 0 Å². The molecule has 0 N–H and O–H groups in total. The standard InChI is InChI=1S/C11H13NO2.C4H8O3/c1-2-7-12-9-5-3-4-6-10(9)14-8-11(12)13;1-6-3-4(5)7-2/h3-6H,2,7-8H2,1H3;3H2,1-2H3. The third kappa shape index (κ3) is 5.07. The van der Waals surface area contributed by atoms with Gasteiger partial charge in [0.05, 0.1) is 12.8 Å². The van der Waals surface area contributed by atoms with E-state index < -0.39 is 0 Å². The zero-order valence-electron chi connectivity index (χ0n) is 12.6. The molecular weight excluding hydrogens is 274 g/mol. The molecule has 0 fully saturated rings. The lowest BCUT2D eigenvalue weighted by atomic mass is 10.2. The van der Waals surface area contributed by atoms with Gasteiger partial charge in [0, 0.05) is 13.7 Å². The molecule has 0 unspecified atom stereocenters. The molecule has 0 saturated carbocycles. The Bertz CT molecular complexity index is 475. The van der Waals surface area contributed by atoms with Gasteiger partial charge in [0.15, 0.2) is 6.61 Å². The minimum atomic E-state index is -0.345. The second kappa shape index (κ2) is 8.97. The minimum absolute atomic E-state index is 0.0382. The maximum absolute atomic E-state index is 11.5. The van der Waals surface area contributed by atoms with Gasteiger partial charge in [-0.25, -0.2) is 4.79 Å². The average Bonchev–Trinajstić information content (AvgIpc) is 2.51. The van der Waals surface area contributed by atoms with Gasteiger partial charge in [-0.05, 0) is 18.6 Å². The van der Waals surface area contributed by atoms with Gasteiger partial charge in [0.25, 0.3) is 5.91 Å². The number of carbonyl (C=O) groups excluding carboxylic acids is 2. The van der Waals surface area contributed by atoms with Gasteiger partial charge in [-0.15, -0.1) is 0 Å². The average molecular weight is 295 g/mol. The molecule has 2 rings (SSSR count). The van der Waals surface area contributed by atoms with Crippen LogP contribution in [0.5, 0.6) is 5.75 Å². The summed E-state index contributed by atoms with van der Waals surface area (Å²) in [6.07, 6.45) is 0.958. The molecule has 0 atom stereocenters. The number of nitrogens with zero attached hydrogens (tertiary/aromatic N) is 1. The van der Waals surface area contributed by atoms with Crippen molar-refractivity contribution in [1.82, 2.24) is 0 Å². The number of benzene rings is 1. The van der Waals surface area contributed by atoms with Crippen LogP contribution in [0.25, 0.3) is 0 Å². The molecule has 1 aromatic carbocycles. The van der Waals surface area contributed by atoms with E-state index in [1.54, 1.807) is 4.90 Å².